The molecule has 0 radical (unpaired) electrons. The fourth-order valence-corrected chi connectivity index (χ4v) is 8.67. The monoisotopic (exact) mass is 729 g/mol. The molecule has 0 atom stereocenters. The molecule has 6 heteroatoms. The van der Waals surface area contributed by atoms with Crippen molar-refractivity contribution < 1.29 is 4.42 Å². The minimum absolute atomic E-state index is 0.568. The summed E-state index contributed by atoms with van der Waals surface area (Å²) in [5.74, 6) is 1.81. The Morgan fingerprint density at radius 2 is 0.930 bits per heavy atom. The SMILES string of the molecule is c1ccc(-c2nc(-c3ccccc3)nc(-n3c4ccccc4c4cccc(-c5ccc6c(c5)c5ccccc5n6-c5cccc6c5oc5ccccc56)c43)n2)cc1. The number of furan rings is 1. The zero-order chi connectivity index (χ0) is 37.5. The van der Waals surface area contributed by atoms with Crippen molar-refractivity contribution in [3.05, 3.63) is 188 Å². The molecule has 0 saturated carbocycles. The Hall–Kier alpha value is -7.83. The highest BCUT2D eigenvalue weighted by Crippen LogP contribution is 2.42. The van der Waals surface area contributed by atoms with Crippen LogP contribution in [0.5, 0.6) is 0 Å². The number of hydrogen-bond donors (Lipinski definition) is 0. The van der Waals surface area contributed by atoms with Crippen molar-refractivity contribution in [1.82, 2.24) is 24.1 Å². The Labute approximate surface area is 326 Å². The van der Waals surface area contributed by atoms with E-state index in [1.807, 2.05) is 72.8 Å². The number of rotatable bonds is 5. The lowest BCUT2D eigenvalue weighted by Gasteiger charge is -2.13. The maximum absolute atomic E-state index is 6.56. The summed E-state index contributed by atoms with van der Waals surface area (Å²) in [5, 5.41) is 6.82. The van der Waals surface area contributed by atoms with Gasteiger partial charge in [-0.05, 0) is 42.0 Å². The summed E-state index contributed by atoms with van der Waals surface area (Å²) in [7, 11) is 0. The van der Waals surface area contributed by atoms with Gasteiger partial charge in [-0.1, -0.05) is 152 Å². The first-order valence-electron chi connectivity index (χ1n) is 19.1. The van der Waals surface area contributed by atoms with Gasteiger partial charge in [0.05, 0.1) is 27.8 Å². The van der Waals surface area contributed by atoms with Gasteiger partial charge in [0.15, 0.2) is 17.2 Å². The third kappa shape index (κ3) is 4.81. The lowest BCUT2D eigenvalue weighted by atomic mass is 10.00. The number of aromatic nitrogens is 5. The summed E-state index contributed by atoms with van der Waals surface area (Å²) in [6.07, 6.45) is 0. The third-order valence-corrected chi connectivity index (χ3v) is 11.2. The van der Waals surface area contributed by atoms with Crippen LogP contribution in [0.3, 0.4) is 0 Å². The summed E-state index contributed by atoms with van der Waals surface area (Å²) in [6, 6.07) is 65.5. The third-order valence-electron chi connectivity index (χ3n) is 11.2. The zero-order valence-electron chi connectivity index (χ0n) is 30.5. The van der Waals surface area contributed by atoms with E-state index in [0.717, 1.165) is 88.1 Å². The van der Waals surface area contributed by atoms with E-state index < -0.39 is 0 Å². The Balaban J connectivity index is 1.12. The lowest BCUT2D eigenvalue weighted by Crippen LogP contribution is -2.06. The second kappa shape index (κ2) is 12.3. The van der Waals surface area contributed by atoms with E-state index in [9.17, 15) is 0 Å². The second-order valence-electron chi connectivity index (χ2n) is 14.4. The number of hydrogen-bond acceptors (Lipinski definition) is 4. The summed E-state index contributed by atoms with van der Waals surface area (Å²) in [6.45, 7) is 0. The van der Waals surface area contributed by atoms with Crippen molar-refractivity contribution in [3.63, 3.8) is 0 Å². The molecule has 0 saturated heterocycles. The highest BCUT2D eigenvalue weighted by molar-refractivity contribution is 6.16. The molecule has 4 heterocycles. The van der Waals surface area contributed by atoms with Gasteiger partial charge in [0.2, 0.25) is 5.95 Å². The minimum atomic E-state index is 0.568. The highest BCUT2D eigenvalue weighted by atomic mass is 16.3. The van der Waals surface area contributed by atoms with Gasteiger partial charge < -0.3 is 8.98 Å². The summed E-state index contributed by atoms with van der Waals surface area (Å²) >= 11 is 0. The summed E-state index contributed by atoms with van der Waals surface area (Å²) in [4.78, 5) is 15.4. The fraction of sp³-hybridized carbons (Fsp3) is 0. The molecule has 12 aromatic rings. The highest BCUT2D eigenvalue weighted by Gasteiger charge is 2.22. The number of para-hydroxylation sites is 5. The molecule has 266 valence electrons. The van der Waals surface area contributed by atoms with Gasteiger partial charge in [-0.15, -0.1) is 0 Å². The Morgan fingerprint density at radius 1 is 0.368 bits per heavy atom. The molecule has 6 nitrogen and oxygen atoms in total. The van der Waals surface area contributed by atoms with E-state index in [-0.39, 0.29) is 0 Å². The van der Waals surface area contributed by atoms with Crippen LogP contribution in [0.4, 0.5) is 0 Å². The van der Waals surface area contributed by atoms with Gasteiger partial charge in [-0.2, -0.15) is 9.97 Å². The first-order chi connectivity index (χ1) is 28.3. The fourth-order valence-electron chi connectivity index (χ4n) is 8.67. The lowest BCUT2D eigenvalue weighted by molar-refractivity contribution is 0.666. The van der Waals surface area contributed by atoms with Crippen molar-refractivity contribution in [1.29, 1.82) is 0 Å². The number of benzene rings is 8. The van der Waals surface area contributed by atoms with Crippen molar-refractivity contribution in [2.75, 3.05) is 0 Å². The molecule has 0 amide bonds. The quantitative estimate of drug-likeness (QED) is 0.177. The van der Waals surface area contributed by atoms with E-state index in [4.69, 9.17) is 19.4 Å². The zero-order valence-corrected chi connectivity index (χ0v) is 30.5. The van der Waals surface area contributed by atoms with Gasteiger partial charge in [0.25, 0.3) is 0 Å². The minimum Gasteiger partial charge on any atom is -0.454 e. The molecule has 0 bridgehead atoms. The van der Waals surface area contributed by atoms with Crippen molar-refractivity contribution in [3.8, 4) is 45.5 Å². The van der Waals surface area contributed by atoms with Crippen LogP contribution in [0.1, 0.15) is 0 Å². The Bertz CT molecular complexity index is 3470. The molecule has 4 aromatic heterocycles. The van der Waals surface area contributed by atoms with Crippen LogP contribution in [-0.4, -0.2) is 24.1 Å². The molecular weight excluding hydrogens is 699 g/mol. The maximum Gasteiger partial charge on any atom is 0.238 e. The molecule has 0 N–H and O–H groups in total. The molecular formula is C51H31N5O. The first-order valence-corrected chi connectivity index (χ1v) is 19.1. The molecule has 0 aliphatic heterocycles. The van der Waals surface area contributed by atoms with Crippen LogP contribution in [0.2, 0.25) is 0 Å². The molecule has 0 spiro atoms. The first kappa shape index (κ1) is 31.5. The predicted molar refractivity (Wildman–Crippen MR) is 232 cm³/mol. The normalized spacial score (nSPS) is 11.9. The van der Waals surface area contributed by atoms with Crippen LogP contribution >= 0.6 is 0 Å². The van der Waals surface area contributed by atoms with Crippen LogP contribution < -0.4 is 0 Å². The summed E-state index contributed by atoms with van der Waals surface area (Å²) in [5.41, 5.74) is 11.1. The molecule has 0 aliphatic carbocycles. The van der Waals surface area contributed by atoms with Gasteiger partial charge in [0, 0.05) is 49.0 Å². The van der Waals surface area contributed by atoms with Crippen LogP contribution in [0.15, 0.2) is 192 Å². The predicted octanol–water partition coefficient (Wildman–Crippen LogP) is 13.0. The average Bonchev–Trinajstić information content (AvgIpc) is 3.95. The van der Waals surface area contributed by atoms with Gasteiger partial charge >= 0.3 is 0 Å². The number of fused-ring (bicyclic) bond motifs is 9. The molecule has 12 rings (SSSR count). The van der Waals surface area contributed by atoms with Gasteiger partial charge in [-0.3, -0.25) is 4.57 Å². The standard InChI is InChI=1S/C51H31N5O/c1-3-15-32(16-4-1)49-52-50(33-17-5-2-6-18-33)54-51(53-49)56-43-26-11-7-19-36(43)39-23-13-22-35(47(39)56)34-29-30-44-41(31-34)37-20-8-10-25-42(37)55(44)45-27-14-24-40-38-21-9-12-28-46(38)57-48(40)45/h1-31H. The molecule has 0 aliphatic rings. The van der Waals surface area contributed by atoms with Crippen LogP contribution in [0, 0.1) is 0 Å². The average molecular weight is 730 g/mol. The second-order valence-corrected chi connectivity index (χ2v) is 14.4. The van der Waals surface area contributed by atoms with Crippen LogP contribution in [-0.2, 0) is 0 Å². The van der Waals surface area contributed by atoms with Crippen molar-refractivity contribution in [2.24, 2.45) is 0 Å². The van der Waals surface area contributed by atoms with E-state index in [2.05, 4.69) is 124 Å². The molecule has 8 aromatic carbocycles. The molecule has 0 fully saturated rings. The summed E-state index contributed by atoms with van der Waals surface area (Å²) < 4.78 is 11.1. The Morgan fingerprint density at radius 3 is 1.67 bits per heavy atom. The van der Waals surface area contributed by atoms with E-state index >= 15 is 0 Å². The van der Waals surface area contributed by atoms with E-state index in [1.165, 1.54) is 5.39 Å². The van der Waals surface area contributed by atoms with Crippen molar-refractivity contribution >= 4 is 65.6 Å². The van der Waals surface area contributed by atoms with Gasteiger partial charge in [0.1, 0.15) is 5.58 Å². The van der Waals surface area contributed by atoms with E-state index in [1.54, 1.807) is 0 Å². The maximum atomic E-state index is 6.56. The number of nitrogens with zero attached hydrogens (tertiary/aromatic N) is 5. The smallest absolute Gasteiger partial charge is 0.238 e. The van der Waals surface area contributed by atoms with Crippen LogP contribution in [0.25, 0.3) is 111 Å². The largest absolute Gasteiger partial charge is 0.454 e. The van der Waals surface area contributed by atoms with E-state index in [0.29, 0.717) is 17.6 Å². The van der Waals surface area contributed by atoms with Gasteiger partial charge in [-0.25, -0.2) is 4.98 Å². The Kier molecular flexibility index (Phi) is 6.83. The van der Waals surface area contributed by atoms with Crippen molar-refractivity contribution in [2.45, 2.75) is 0 Å². The topological polar surface area (TPSA) is 61.7 Å². The molecule has 57 heavy (non-hydrogen) atoms. The molecule has 0 unspecified atom stereocenters.